The lowest BCUT2D eigenvalue weighted by Gasteiger charge is -2.04. The van der Waals surface area contributed by atoms with E-state index in [0.717, 1.165) is 17.7 Å². The van der Waals surface area contributed by atoms with Gasteiger partial charge in [-0.3, -0.25) is 0 Å². The summed E-state index contributed by atoms with van der Waals surface area (Å²) in [5, 5.41) is 1.03. The molecule has 1 aromatic carbocycles. The SMILES string of the molecule is Nc1c(Cl)cc(CCS)cc1Cl. The Morgan fingerprint density at radius 2 is 1.75 bits per heavy atom. The molecule has 0 spiro atoms. The third-order valence-corrected chi connectivity index (χ3v) is 2.39. The monoisotopic (exact) mass is 221 g/mol. The second kappa shape index (κ2) is 4.26. The molecule has 12 heavy (non-hydrogen) atoms. The van der Waals surface area contributed by atoms with Crippen LogP contribution in [-0.4, -0.2) is 5.75 Å². The fraction of sp³-hybridized carbons (Fsp3) is 0.250. The number of anilines is 1. The Hall–Kier alpha value is -0.0500. The molecule has 0 bridgehead atoms. The summed E-state index contributed by atoms with van der Waals surface area (Å²) in [6, 6.07) is 3.64. The fourth-order valence-electron chi connectivity index (χ4n) is 0.910. The van der Waals surface area contributed by atoms with E-state index in [1.807, 2.05) is 12.1 Å². The second-order valence-electron chi connectivity index (χ2n) is 2.45. The number of hydrogen-bond acceptors (Lipinski definition) is 2. The van der Waals surface area contributed by atoms with E-state index in [2.05, 4.69) is 12.6 Å². The zero-order valence-electron chi connectivity index (χ0n) is 6.35. The lowest BCUT2D eigenvalue weighted by Crippen LogP contribution is -1.92. The topological polar surface area (TPSA) is 26.0 Å². The van der Waals surface area contributed by atoms with Crippen molar-refractivity contribution in [3.8, 4) is 0 Å². The van der Waals surface area contributed by atoms with Crippen LogP contribution < -0.4 is 5.73 Å². The van der Waals surface area contributed by atoms with E-state index in [0.29, 0.717) is 15.7 Å². The molecular weight excluding hydrogens is 213 g/mol. The molecule has 0 saturated heterocycles. The van der Waals surface area contributed by atoms with Gasteiger partial charge in [-0.25, -0.2) is 0 Å². The minimum absolute atomic E-state index is 0.446. The Labute approximate surface area is 87.3 Å². The summed E-state index contributed by atoms with van der Waals surface area (Å²) in [5.74, 6) is 0.774. The van der Waals surface area contributed by atoms with Crippen molar-refractivity contribution in [2.45, 2.75) is 6.42 Å². The fourth-order valence-corrected chi connectivity index (χ4v) is 1.70. The first kappa shape index (κ1) is 10.0. The van der Waals surface area contributed by atoms with Crippen LogP contribution in [0.1, 0.15) is 5.56 Å². The van der Waals surface area contributed by atoms with Gasteiger partial charge >= 0.3 is 0 Å². The minimum atomic E-state index is 0.446. The molecule has 1 aromatic rings. The zero-order chi connectivity index (χ0) is 9.14. The van der Waals surface area contributed by atoms with E-state index in [1.54, 1.807) is 0 Å². The molecule has 0 atom stereocenters. The number of nitrogen functional groups attached to an aromatic ring is 1. The summed E-state index contributed by atoms with van der Waals surface area (Å²) < 4.78 is 0. The van der Waals surface area contributed by atoms with Gasteiger partial charge in [-0.1, -0.05) is 23.2 Å². The molecule has 0 unspecified atom stereocenters. The molecule has 0 aliphatic heterocycles. The van der Waals surface area contributed by atoms with Gasteiger partial charge in [-0.15, -0.1) is 0 Å². The van der Waals surface area contributed by atoms with Crippen molar-refractivity contribution in [3.63, 3.8) is 0 Å². The third kappa shape index (κ3) is 2.22. The van der Waals surface area contributed by atoms with Crippen molar-refractivity contribution < 1.29 is 0 Å². The highest BCUT2D eigenvalue weighted by Crippen LogP contribution is 2.28. The molecule has 0 fully saturated rings. The van der Waals surface area contributed by atoms with Crippen molar-refractivity contribution in [1.82, 2.24) is 0 Å². The van der Waals surface area contributed by atoms with Crippen LogP contribution in [0.15, 0.2) is 12.1 Å². The van der Waals surface area contributed by atoms with Crippen LogP contribution in [-0.2, 0) is 6.42 Å². The standard InChI is InChI=1S/C8H9Cl2NS/c9-6-3-5(1-2-12)4-7(10)8(6)11/h3-4,12H,1-2,11H2. The smallest absolute Gasteiger partial charge is 0.0693 e. The molecule has 0 amide bonds. The number of halogens is 2. The number of aryl methyl sites for hydroxylation is 1. The van der Waals surface area contributed by atoms with Crippen LogP contribution in [0, 0.1) is 0 Å². The molecule has 0 aliphatic carbocycles. The van der Waals surface area contributed by atoms with Crippen LogP contribution in [0.25, 0.3) is 0 Å². The average Bonchev–Trinajstić information content (AvgIpc) is 2.01. The summed E-state index contributed by atoms with van der Waals surface area (Å²) in [6.45, 7) is 0. The number of rotatable bonds is 2. The maximum atomic E-state index is 5.82. The van der Waals surface area contributed by atoms with Crippen molar-refractivity contribution >= 4 is 41.5 Å². The highest BCUT2D eigenvalue weighted by atomic mass is 35.5. The minimum Gasteiger partial charge on any atom is -0.396 e. The van der Waals surface area contributed by atoms with E-state index in [-0.39, 0.29) is 0 Å². The summed E-state index contributed by atoms with van der Waals surface area (Å²) in [6.07, 6.45) is 0.850. The lowest BCUT2D eigenvalue weighted by molar-refractivity contribution is 1.16. The lowest BCUT2D eigenvalue weighted by atomic mass is 10.1. The van der Waals surface area contributed by atoms with Gasteiger partial charge < -0.3 is 5.73 Å². The van der Waals surface area contributed by atoms with E-state index in [4.69, 9.17) is 28.9 Å². The molecule has 0 saturated carbocycles. The van der Waals surface area contributed by atoms with Gasteiger partial charge in [-0.05, 0) is 29.9 Å². The van der Waals surface area contributed by atoms with Gasteiger partial charge in [0.25, 0.3) is 0 Å². The Kier molecular flexibility index (Phi) is 3.56. The van der Waals surface area contributed by atoms with Crippen LogP contribution in [0.5, 0.6) is 0 Å². The Morgan fingerprint density at radius 1 is 1.25 bits per heavy atom. The van der Waals surface area contributed by atoms with Crippen LogP contribution >= 0.6 is 35.8 Å². The second-order valence-corrected chi connectivity index (χ2v) is 3.71. The van der Waals surface area contributed by atoms with Crippen molar-refractivity contribution in [2.24, 2.45) is 0 Å². The molecule has 0 aliphatic rings. The Bertz CT molecular complexity index is 265. The van der Waals surface area contributed by atoms with Gasteiger partial charge in [0.15, 0.2) is 0 Å². The predicted molar refractivity (Wildman–Crippen MR) is 58.4 cm³/mol. The maximum absolute atomic E-state index is 5.82. The number of thiol groups is 1. The summed E-state index contributed by atoms with van der Waals surface area (Å²) in [7, 11) is 0. The highest BCUT2D eigenvalue weighted by molar-refractivity contribution is 7.80. The first-order valence-electron chi connectivity index (χ1n) is 3.49. The van der Waals surface area contributed by atoms with E-state index < -0.39 is 0 Å². The Balaban J connectivity index is 3.04. The highest BCUT2D eigenvalue weighted by Gasteiger charge is 2.03. The van der Waals surface area contributed by atoms with Gasteiger partial charge in [0, 0.05) is 0 Å². The maximum Gasteiger partial charge on any atom is 0.0693 e. The first-order valence-corrected chi connectivity index (χ1v) is 4.88. The number of nitrogens with two attached hydrogens (primary N) is 1. The zero-order valence-corrected chi connectivity index (χ0v) is 8.76. The molecule has 0 heterocycles. The molecular formula is C8H9Cl2NS. The summed E-state index contributed by atoms with van der Waals surface area (Å²) >= 11 is 15.7. The van der Waals surface area contributed by atoms with E-state index in [9.17, 15) is 0 Å². The van der Waals surface area contributed by atoms with Crippen LogP contribution in [0.3, 0.4) is 0 Å². The normalized spacial score (nSPS) is 10.2. The predicted octanol–water partition coefficient (Wildman–Crippen LogP) is 3.05. The third-order valence-electron chi connectivity index (χ3n) is 1.54. The van der Waals surface area contributed by atoms with Crippen LogP contribution in [0.2, 0.25) is 10.0 Å². The van der Waals surface area contributed by atoms with Crippen LogP contribution in [0.4, 0.5) is 5.69 Å². The van der Waals surface area contributed by atoms with Crippen molar-refractivity contribution in [2.75, 3.05) is 11.5 Å². The van der Waals surface area contributed by atoms with E-state index in [1.165, 1.54) is 0 Å². The quantitative estimate of drug-likeness (QED) is 0.583. The van der Waals surface area contributed by atoms with Crippen molar-refractivity contribution in [3.05, 3.63) is 27.7 Å². The summed E-state index contributed by atoms with van der Waals surface area (Å²) in [5.41, 5.74) is 7.07. The average molecular weight is 222 g/mol. The molecule has 0 radical (unpaired) electrons. The van der Waals surface area contributed by atoms with Gasteiger partial charge in [0.05, 0.1) is 15.7 Å². The van der Waals surface area contributed by atoms with E-state index >= 15 is 0 Å². The van der Waals surface area contributed by atoms with Gasteiger partial charge in [0.2, 0.25) is 0 Å². The number of benzene rings is 1. The van der Waals surface area contributed by atoms with Crippen molar-refractivity contribution in [1.29, 1.82) is 0 Å². The molecule has 1 rings (SSSR count). The number of hydrogen-bond donors (Lipinski definition) is 2. The molecule has 2 N–H and O–H groups in total. The molecule has 66 valence electrons. The Morgan fingerprint density at radius 3 is 2.17 bits per heavy atom. The molecule has 0 aromatic heterocycles. The first-order chi connectivity index (χ1) is 5.65. The molecule has 1 nitrogen and oxygen atoms in total. The van der Waals surface area contributed by atoms with Gasteiger partial charge in [0.1, 0.15) is 0 Å². The molecule has 4 heteroatoms. The largest absolute Gasteiger partial charge is 0.396 e. The summed E-state index contributed by atoms with van der Waals surface area (Å²) in [4.78, 5) is 0. The van der Waals surface area contributed by atoms with Gasteiger partial charge in [-0.2, -0.15) is 12.6 Å².